The Labute approximate surface area is 146 Å². The van der Waals surface area contributed by atoms with Gasteiger partial charge in [-0.05, 0) is 12.8 Å². The van der Waals surface area contributed by atoms with E-state index in [-0.39, 0.29) is 46.7 Å². The van der Waals surface area contributed by atoms with E-state index in [0.717, 1.165) is 0 Å². The molecular weight excluding hydrogens is 368 g/mol. The first-order valence-corrected chi connectivity index (χ1v) is 11.6. The molecule has 0 spiro atoms. The fourth-order valence-electron chi connectivity index (χ4n) is 3.10. The number of nitrogens with one attached hydrogen (secondary N) is 1. The maximum Gasteiger partial charge on any atom is 0.272 e. The zero-order valence-corrected chi connectivity index (χ0v) is 15.4. The molecule has 1 amide bonds. The highest BCUT2D eigenvalue weighted by Gasteiger charge is 2.33. The molecule has 2 fully saturated rings. The van der Waals surface area contributed by atoms with E-state index in [4.69, 9.17) is 0 Å². The number of rotatable bonds is 4. The van der Waals surface area contributed by atoms with Crippen molar-refractivity contribution in [3.63, 3.8) is 0 Å². The highest BCUT2D eigenvalue weighted by atomic mass is 32.2. The van der Waals surface area contributed by atoms with Gasteiger partial charge in [0, 0.05) is 25.2 Å². The zero-order chi connectivity index (χ0) is 18.2. The van der Waals surface area contributed by atoms with Crippen molar-refractivity contribution >= 4 is 31.4 Å². The van der Waals surface area contributed by atoms with Crippen LogP contribution in [0.15, 0.2) is 12.4 Å². The zero-order valence-electron chi connectivity index (χ0n) is 13.8. The normalized spacial score (nSPS) is 27.1. The van der Waals surface area contributed by atoms with Gasteiger partial charge < -0.3 is 10.2 Å². The minimum atomic E-state index is -3.09. The molecule has 1 aromatic heterocycles. The van der Waals surface area contributed by atoms with Gasteiger partial charge in [0.05, 0.1) is 23.0 Å². The Morgan fingerprint density at radius 2 is 1.80 bits per heavy atom. The largest absolute Gasteiger partial charge is 0.366 e. The molecule has 2 atom stereocenters. The van der Waals surface area contributed by atoms with Gasteiger partial charge in [-0.1, -0.05) is 0 Å². The van der Waals surface area contributed by atoms with E-state index in [9.17, 15) is 21.6 Å². The van der Waals surface area contributed by atoms with Crippen LogP contribution in [0.3, 0.4) is 0 Å². The minimum absolute atomic E-state index is 0.0363. The molecule has 0 radical (unpaired) electrons. The summed E-state index contributed by atoms with van der Waals surface area (Å²) >= 11 is 0. The van der Waals surface area contributed by atoms with E-state index in [2.05, 4.69) is 15.3 Å². The molecule has 3 heterocycles. The Hall–Kier alpha value is -1.75. The Bertz CT molecular complexity index is 884. The van der Waals surface area contributed by atoms with E-state index < -0.39 is 19.7 Å². The van der Waals surface area contributed by atoms with Crippen LogP contribution in [0.4, 0.5) is 5.82 Å². The molecule has 2 saturated heterocycles. The van der Waals surface area contributed by atoms with Crippen LogP contribution in [0, 0.1) is 0 Å². The quantitative estimate of drug-likeness (QED) is 0.720. The third kappa shape index (κ3) is 4.27. The Morgan fingerprint density at radius 1 is 1.12 bits per heavy atom. The van der Waals surface area contributed by atoms with Crippen molar-refractivity contribution in [1.29, 1.82) is 0 Å². The number of hydrogen-bond donors (Lipinski definition) is 1. The fraction of sp³-hybridized carbons (Fsp3) is 0.643. The molecule has 25 heavy (non-hydrogen) atoms. The first-order valence-electron chi connectivity index (χ1n) is 7.92. The number of carbonyl (C=O) groups excluding carboxylic acids is 1. The second-order valence-electron chi connectivity index (χ2n) is 6.51. The number of carbonyl (C=O) groups is 1. The number of sulfone groups is 2. The third-order valence-corrected chi connectivity index (χ3v) is 8.07. The molecule has 138 valence electrons. The second kappa shape index (κ2) is 6.52. The summed E-state index contributed by atoms with van der Waals surface area (Å²) in [6.07, 6.45) is 2.15. The van der Waals surface area contributed by atoms with Crippen molar-refractivity contribution in [2.75, 3.05) is 35.4 Å². The fourth-order valence-corrected chi connectivity index (χ4v) is 6.55. The monoisotopic (exact) mass is 388 g/mol. The van der Waals surface area contributed by atoms with Gasteiger partial charge in [0.2, 0.25) is 0 Å². The number of anilines is 1. The SMILES string of the molecule is CN(C(=O)c1cc(NC2CCS(=O)(=O)C2)ncn1)C1CCS(=O)(=O)C1. The lowest BCUT2D eigenvalue weighted by Gasteiger charge is -2.23. The van der Waals surface area contributed by atoms with Crippen LogP contribution < -0.4 is 5.32 Å². The van der Waals surface area contributed by atoms with E-state index in [1.54, 1.807) is 7.05 Å². The van der Waals surface area contributed by atoms with Gasteiger partial charge in [0.1, 0.15) is 17.8 Å². The highest BCUT2D eigenvalue weighted by molar-refractivity contribution is 7.91. The Kier molecular flexibility index (Phi) is 4.71. The first-order chi connectivity index (χ1) is 11.7. The molecular formula is C14H20N4O5S2. The summed E-state index contributed by atoms with van der Waals surface area (Å²) in [4.78, 5) is 21.9. The van der Waals surface area contributed by atoms with Crippen LogP contribution in [-0.2, 0) is 19.7 Å². The summed E-state index contributed by atoms with van der Waals surface area (Å²) in [6, 6.07) is 0.872. The highest BCUT2D eigenvalue weighted by Crippen LogP contribution is 2.20. The number of aromatic nitrogens is 2. The number of nitrogens with zero attached hydrogens (tertiary/aromatic N) is 3. The Morgan fingerprint density at radius 3 is 2.40 bits per heavy atom. The minimum Gasteiger partial charge on any atom is -0.366 e. The smallest absolute Gasteiger partial charge is 0.272 e. The molecule has 0 saturated carbocycles. The van der Waals surface area contributed by atoms with E-state index in [1.807, 2.05) is 0 Å². The van der Waals surface area contributed by atoms with Gasteiger partial charge in [0.25, 0.3) is 5.91 Å². The summed E-state index contributed by atoms with van der Waals surface area (Å²) in [5.41, 5.74) is 0.144. The molecule has 11 heteroatoms. The summed E-state index contributed by atoms with van der Waals surface area (Å²) in [5.74, 6) is 0.230. The van der Waals surface area contributed by atoms with Crippen molar-refractivity contribution in [3.05, 3.63) is 18.1 Å². The van der Waals surface area contributed by atoms with Gasteiger partial charge in [-0.15, -0.1) is 0 Å². The lowest BCUT2D eigenvalue weighted by Crippen LogP contribution is -2.38. The topological polar surface area (TPSA) is 126 Å². The molecule has 0 bridgehead atoms. The van der Waals surface area contributed by atoms with Crippen LogP contribution in [-0.4, -0.2) is 79.8 Å². The van der Waals surface area contributed by atoms with Gasteiger partial charge >= 0.3 is 0 Å². The maximum atomic E-state index is 12.6. The summed E-state index contributed by atoms with van der Waals surface area (Å²) in [7, 11) is -4.54. The molecule has 9 nitrogen and oxygen atoms in total. The van der Waals surface area contributed by atoms with Crippen LogP contribution in [0.2, 0.25) is 0 Å². The molecule has 1 N–H and O–H groups in total. The summed E-state index contributed by atoms with van der Waals surface area (Å²) < 4.78 is 46.2. The van der Waals surface area contributed by atoms with E-state index in [1.165, 1.54) is 17.3 Å². The van der Waals surface area contributed by atoms with Crippen LogP contribution >= 0.6 is 0 Å². The van der Waals surface area contributed by atoms with Crippen molar-refractivity contribution in [2.24, 2.45) is 0 Å². The van der Waals surface area contributed by atoms with Crippen molar-refractivity contribution < 1.29 is 21.6 Å². The molecule has 0 aromatic carbocycles. The molecule has 2 unspecified atom stereocenters. The van der Waals surface area contributed by atoms with E-state index in [0.29, 0.717) is 18.7 Å². The van der Waals surface area contributed by atoms with Gasteiger partial charge in [-0.3, -0.25) is 4.79 Å². The maximum absolute atomic E-state index is 12.6. The standard InChI is InChI=1S/C14H20N4O5S2/c1-18(11-3-5-25(22,23)8-11)14(19)12-6-13(16-9-15-12)17-10-2-4-24(20,21)7-10/h6,9-11H,2-5,7-8H2,1H3,(H,15,16,17). The molecule has 0 aliphatic carbocycles. The lowest BCUT2D eigenvalue weighted by molar-refractivity contribution is 0.0741. The average Bonchev–Trinajstić information content (AvgIpc) is 3.07. The molecule has 2 aliphatic rings. The predicted octanol–water partition coefficient (Wildman–Crippen LogP) is -0.665. The van der Waals surface area contributed by atoms with Gasteiger partial charge in [0.15, 0.2) is 19.7 Å². The van der Waals surface area contributed by atoms with Crippen molar-refractivity contribution in [2.45, 2.75) is 24.9 Å². The molecule has 1 aromatic rings. The molecule has 2 aliphatic heterocycles. The van der Waals surface area contributed by atoms with Crippen LogP contribution in [0.1, 0.15) is 23.3 Å². The first kappa shape index (κ1) is 18.1. The van der Waals surface area contributed by atoms with Gasteiger partial charge in [-0.2, -0.15) is 0 Å². The van der Waals surface area contributed by atoms with Gasteiger partial charge in [-0.25, -0.2) is 26.8 Å². The van der Waals surface area contributed by atoms with Crippen LogP contribution in [0.25, 0.3) is 0 Å². The van der Waals surface area contributed by atoms with Crippen LogP contribution in [0.5, 0.6) is 0 Å². The summed E-state index contributed by atoms with van der Waals surface area (Å²) in [6.45, 7) is 0. The van der Waals surface area contributed by atoms with Crippen molar-refractivity contribution in [1.82, 2.24) is 14.9 Å². The predicted molar refractivity (Wildman–Crippen MR) is 91.9 cm³/mol. The Balaban J connectivity index is 1.69. The van der Waals surface area contributed by atoms with Crippen molar-refractivity contribution in [3.8, 4) is 0 Å². The van der Waals surface area contributed by atoms with E-state index >= 15 is 0 Å². The average molecular weight is 388 g/mol. The third-order valence-electron chi connectivity index (χ3n) is 4.55. The molecule has 3 rings (SSSR count). The second-order valence-corrected chi connectivity index (χ2v) is 11.0. The summed E-state index contributed by atoms with van der Waals surface area (Å²) in [5, 5.41) is 3.02. The number of hydrogen-bond acceptors (Lipinski definition) is 8. The number of amides is 1. The lowest BCUT2D eigenvalue weighted by atomic mass is 10.2.